The molecule has 8 heteroatoms. The van der Waals surface area contributed by atoms with Crippen LogP contribution < -0.4 is 11.9 Å². The van der Waals surface area contributed by atoms with E-state index in [1.807, 2.05) is 6.92 Å². The lowest BCUT2D eigenvalue weighted by molar-refractivity contribution is 0.954. The average Bonchev–Trinajstić information content (AvgIpc) is 2.49. The maximum Gasteiger partial charge on any atom is 0.221 e. The fourth-order valence-electron chi connectivity index (χ4n) is 1.14. The van der Waals surface area contributed by atoms with Crippen molar-refractivity contribution in [3.63, 3.8) is 0 Å². The lowest BCUT2D eigenvalue weighted by Crippen LogP contribution is -2.00. The van der Waals surface area contributed by atoms with Gasteiger partial charge in [-0.05, 0) is 13.0 Å². The number of hydrogen-bond acceptors (Lipinski definition) is 7. The zero-order valence-corrected chi connectivity index (χ0v) is 10.2. The molecule has 2 aromatic rings. The topological polar surface area (TPSA) is 113 Å². The van der Waals surface area contributed by atoms with E-state index in [1.54, 1.807) is 6.07 Å². The molecule has 2 rings (SSSR count). The molecule has 0 spiro atoms. The Balaban J connectivity index is 0.00000128. The summed E-state index contributed by atoms with van der Waals surface area (Å²) >= 11 is 7.29. The number of aromatic nitrogens is 4. The summed E-state index contributed by atoms with van der Waals surface area (Å²) in [5.74, 6) is 0.179. The zero-order chi connectivity index (χ0) is 10.8. The minimum atomic E-state index is 0. The number of rotatable bonds is 2. The van der Waals surface area contributed by atoms with E-state index in [0.29, 0.717) is 11.6 Å². The van der Waals surface area contributed by atoms with Crippen molar-refractivity contribution in [1.29, 1.82) is 0 Å². The second-order valence-corrected chi connectivity index (χ2v) is 4.59. The summed E-state index contributed by atoms with van der Waals surface area (Å²) in [7, 11) is 0. The van der Waals surface area contributed by atoms with E-state index < -0.39 is 0 Å². The molecule has 16 heavy (non-hydrogen) atoms. The van der Waals surface area contributed by atoms with E-state index in [2.05, 4.69) is 20.2 Å². The molecule has 2 heterocycles. The third-order valence-corrected chi connectivity index (χ3v) is 2.70. The van der Waals surface area contributed by atoms with Crippen molar-refractivity contribution in [3.05, 3.63) is 26.9 Å². The number of nitrogens with two attached hydrogens (primary N) is 1. The van der Waals surface area contributed by atoms with Gasteiger partial charge in [0.25, 0.3) is 0 Å². The minimum Gasteiger partial charge on any atom is -0.368 e. The van der Waals surface area contributed by atoms with Crippen LogP contribution in [0.5, 0.6) is 0 Å². The van der Waals surface area contributed by atoms with Crippen molar-refractivity contribution in [2.24, 2.45) is 0 Å². The Morgan fingerprint density at radius 1 is 1.38 bits per heavy atom. The highest BCUT2D eigenvalue weighted by molar-refractivity contribution is 7.11. The highest BCUT2D eigenvalue weighted by Crippen LogP contribution is 2.15. The largest absolute Gasteiger partial charge is 0.368 e. The summed E-state index contributed by atoms with van der Waals surface area (Å²) in [6.45, 7) is 1.91. The number of nitrogen functional groups attached to an aromatic ring is 1. The molecule has 6 nitrogen and oxygen atoms in total. The van der Waals surface area contributed by atoms with Gasteiger partial charge >= 0.3 is 0 Å². The Bertz CT molecular complexity index is 465. The molecule has 5 N–H and O–H groups in total. The summed E-state index contributed by atoms with van der Waals surface area (Å²) in [4.78, 5) is 7.84. The van der Waals surface area contributed by atoms with Crippen LogP contribution in [0, 0.1) is 6.92 Å². The molecule has 0 aromatic carbocycles. The Morgan fingerprint density at radius 2 is 2.12 bits per heavy atom. The normalized spacial score (nSPS) is 9.88. The van der Waals surface area contributed by atoms with Gasteiger partial charge in [-0.25, -0.2) is 9.97 Å². The van der Waals surface area contributed by atoms with Crippen LogP contribution in [-0.4, -0.2) is 20.2 Å². The molecule has 0 amide bonds. The first-order valence-corrected chi connectivity index (χ1v) is 5.41. The zero-order valence-electron chi connectivity index (χ0n) is 8.64. The van der Waals surface area contributed by atoms with Gasteiger partial charge in [-0.1, -0.05) is 11.6 Å². The lowest BCUT2D eigenvalue weighted by Gasteiger charge is -1.98. The van der Waals surface area contributed by atoms with E-state index >= 15 is 0 Å². The van der Waals surface area contributed by atoms with Crippen LogP contribution in [0.1, 0.15) is 15.7 Å². The summed E-state index contributed by atoms with van der Waals surface area (Å²) in [6, 6.07) is 1.68. The molecule has 0 atom stereocenters. The van der Waals surface area contributed by atoms with Crippen molar-refractivity contribution < 1.29 is 0 Å². The fourth-order valence-corrected chi connectivity index (χ4v) is 2.07. The number of hydrogen-bond donors (Lipinski definition) is 2. The number of aryl methyl sites for hydroxylation is 1. The molecule has 0 saturated carbocycles. The van der Waals surface area contributed by atoms with Crippen LogP contribution in [0.25, 0.3) is 0 Å². The fraction of sp³-hybridized carbons (Fsp3) is 0.250. The maximum atomic E-state index is 5.76. The van der Waals surface area contributed by atoms with Gasteiger partial charge < -0.3 is 11.9 Å². The van der Waals surface area contributed by atoms with Crippen molar-refractivity contribution in [3.8, 4) is 0 Å². The molecule has 0 unspecified atom stereocenters. The van der Waals surface area contributed by atoms with Gasteiger partial charge in [0, 0.05) is 6.42 Å². The van der Waals surface area contributed by atoms with Crippen molar-refractivity contribution in [2.45, 2.75) is 13.3 Å². The molecule has 0 bridgehead atoms. The third-order valence-electron chi connectivity index (χ3n) is 1.67. The molecule has 0 aliphatic heterocycles. The second kappa shape index (κ2) is 5.15. The molecular formula is C8H11ClN6S. The van der Waals surface area contributed by atoms with E-state index in [9.17, 15) is 0 Å². The van der Waals surface area contributed by atoms with Gasteiger partial charge in [0.1, 0.15) is 15.2 Å². The molecule has 0 radical (unpaired) electrons. The first-order chi connectivity index (χ1) is 7.13. The lowest BCUT2D eigenvalue weighted by atomic mass is 10.3. The number of anilines is 1. The van der Waals surface area contributed by atoms with Gasteiger partial charge in [-0.3, -0.25) is 0 Å². The third kappa shape index (κ3) is 3.09. The molecule has 0 aliphatic rings. The van der Waals surface area contributed by atoms with Gasteiger partial charge in [0.15, 0.2) is 0 Å². The van der Waals surface area contributed by atoms with E-state index in [-0.39, 0.29) is 12.1 Å². The van der Waals surface area contributed by atoms with Gasteiger partial charge in [-0.2, -0.15) is 0 Å². The van der Waals surface area contributed by atoms with Gasteiger partial charge in [0.05, 0.1) is 5.69 Å². The number of halogens is 1. The highest BCUT2D eigenvalue weighted by Gasteiger charge is 2.05. The quantitative estimate of drug-likeness (QED) is 0.792. The van der Waals surface area contributed by atoms with Crippen LogP contribution in [0.3, 0.4) is 0 Å². The standard InChI is InChI=1S/C8H8ClN5S.H3N/c1-4-13-14-7(15-4)3-5-2-6(9)12-8(10)11-5;/h2H,3H2,1H3,(H2,10,11,12);1H3. The Morgan fingerprint density at radius 3 is 2.69 bits per heavy atom. The monoisotopic (exact) mass is 258 g/mol. The SMILES string of the molecule is Cc1nnc(Cc2cc(Cl)nc(N)n2)s1.N. The van der Waals surface area contributed by atoms with Crippen LogP contribution in [-0.2, 0) is 6.42 Å². The molecule has 0 fully saturated rings. The summed E-state index contributed by atoms with van der Waals surface area (Å²) in [6.07, 6.45) is 0.581. The Kier molecular flexibility index (Phi) is 4.11. The summed E-state index contributed by atoms with van der Waals surface area (Å²) in [5, 5.41) is 10.1. The molecule has 86 valence electrons. The predicted octanol–water partition coefficient (Wildman–Crippen LogP) is 1.62. The maximum absolute atomic E-state index is 5.76. The smallest absolute Gasteiger partial charge is 0.221 e. The molecule has 2 aromatic heterocycles. The molecule has 0 aliphatic carbocycles. The van der Waals surface area contributed by atoms with Crippen molar-refractivity contribution in [1.82, 2.24) is 26.3 Å². The van der Waals surface area contributed by atoms with Gasteiger partial charge in [-0.15, -0.1) is 21.5 Å². The first kappa shape index (κ1) is 12.8. The van der Waals surface area contributed by atoms with Crippen molar-refractivity contribution in [2.75, 3.05) is 5.73 Å². The van der Waals surface area contributed by atoms with E-state index in [1.165, 1.54) is 11.3 Å². The second-order valence-electron chi connectivity index (χ2n) is 2.93. The van der Waals surface area contributed by atoms with Gasteiger partial charge in [0.2, 0.25) is 5.95 Å². The van der Waals surface area contributed by atoms with Crippen molar-refractivity contribution >= 4 is 28.9 Å². The van der Waals surface area contributed by atoms with Crippen LogP contribution in [0.2, 0.25) is 5.15 Å². The summed E-state index contributed by atoms with van der Waals surface area (Å²) < 4.78 is 0. The average molecular weight is 259 g/mol. The predicted molar refractivity (Wildman–Crippen MR) is 63.9 cm³/mol. The van der Waals surface area contributed by atoms with Crippen LogP contribution >= 0.6 is 22.9 Å². The number of nitrogens with zero attached hydrogens (tertiary/aromatic N) is 4. The minimum absolute atomic E-state index is 0. The van der Waals surface area contributed by atoms with E-state index in [4.69, 9.17) is 17.3 Å². The van der Waals surface area contributed by atoms with Crippen LogP contribution in [0.4, 0.5) is 5.95 Å². The first-order valence-electron chi connectivity index (χ1n) is 4.21. The summed E-state index contributed by atoms with van der Waals surface area (Å²) in [5.41, 5.74) is 6.23. The Hall–Kier alpha value is -1.31. The van der Waals surface area contributed by atoms with Crippen LogP contribution in [0.15, 0.2) is 6.07 Å². The highest BCUT2D eigenvalue weighted by atomic mass is 35.5. The molecular weight excluding hydrogens is 248 g/mol. The Labute approximate surface area is 101 Å². The van der Waals surface area contributed by atoms with E-state index in [0.717, 1.165) is 15.7 Å². The molecule has 0 saturated heterocycles.